The third kappa shape index (κ3) is 2.99. The largest absolute Gasteiger partial charge is 0.327 e. The number of hydrogen-bond donors (Lipinski definition) is 2. The maximum absolute atomic E-state index is 11.6. The van der Waals surface area contributed by atoms with Gasteiger partial charge in [-0.3, -0.25) is 4.79 Å². The van der Waals surface area contributed by atoms with E-state index < -0.39 is 0 Å². The summed E-state index contributed by atoms with van der Waals surface area (Å²) in [6, 6.07) is -0.00133. The third-order valence-electron chi connectivity index (χ3n) is 2.66. The predicted molar refractivity (Wildman–Crippen MR) is 63.2 cm³/mol. The molecule has 0 radical (unpaired) electrons. The van der Waals surface area contributed by atoms with Crippen molar-refractivity contribution in [3.63, 3.8) is 0 Å². The Morgan fingerprint density at radius 3 is 2.94 bits per heavy atom. The van der Waals surface area contributed by atoms with Gasteiger partial charge in [0.1, 0.15) is 5.01 Å². The van der Waals surface area contributed by atoms with E-state index in [1.165, 1.54) is 11.3 Å². The fourth-order valence-electron chi connectivity index (χ4n) is 1.52. The first-order chi connectivity index (χ1) is 7.69. The molecule has 5 nitrogen and oxygen atoms in total. The number of aryl methyl sites for hydroxylation is 1. The Balaban J connectivity index is 1.81. The zero-order valence-corrected chi connectivity index (χ0v) is 10.1. The Kier molecular flexibility index (Phi) is 3.50. The summed E-state index contributed by atoms with van der Waals surface area (Å²) in [5, 5.41) is 12.1. The minimum atomic E-state index is -0.0572. The molecular weight excluding hydrogens is 224 g/mol. The van der Waals surface area contributed by atoms with Crippen molar-refractivity contribution in [2.75, 3.05) is 5.32 Å². The summed E-state index contributed by atoms with van der Waals surface area (Å²) < 4.78 is 0. The van der Waals surface area contributed by atoms with Crippen LogP contribution in [0.25, 0.3) is 0 Å². The van der Waals surface area contributed by atoms with E-state index in [9.17, 15) is 4.79 Å². The van der Waals surface area contributed by atoms with Crippen LogP contribution in [0.2, 0.25) is 0 Å². The van der Waals surface area contributed by atoms with Crippen LogP contribution in [0.1, 0.15) is 31.2 Å². The van der Waals surface area contributed by atoms with Crippen LogP contribution < -0.4 is 11.1 Å². The number of nitrogens with two attached hydrogens (primary N) is 1. The van der Waals surface area contributed by atoms with E-state index in [0.717, 1.165) is 24.3 Å². The van der Waals surface area contributed by atoms with Gasteiger partial charge in [-0.05, 0) is 25.2 Å². The molecule has 1 atom stereocenters. The van der Waals surface area contributed by atoms with Gasteiger partial charge in [0.15, 0.2) is 0 Å². The van der Waals surface area contributed by atoms with Gasteiger partial charge in [-0.25, -0.2) is 0 Å². The zero-order valence-electron chi connectivity index (χ0n) is 9.27. The Morgan fingerprint density at radius 1 is 1.62 bits per heavy atom. The van der Waals surface area contributed by atoms with E-state index in [2.05, 4.69) is 15.5 Å². The molecule has 1 aromatic heterocycles. The van der Waals surface area contributed by atoms with Crippen LogP contribution in [0.15, 0.2) is 0 Å². The normalized spacial score (nSPS) is 17.1. The number of amides is 1. The number of nitrogens with one attached hydrogen (secondary N) is 1. The molecule has 1 heterocycles. The number of aromatic nitrogens is 2. The molecule has 1 fully saturated rings. The number of anilines is 1. The summed E-state index contributed by atoms with van der Waals surface area (Å²) in [6.45, 7) is 2.01. The first-order valence-corrected chi connectivity index (χ1v) is 6.38. The smallest absolute Gasteiger partial charge is 0.227 e. The molecule has 2 rings (SSSR count). The van der Waals surface area contributed by atoms with Crippen LogP contribution in [0.4, 0.5) is 5.13 Å². The summed E-state index contributed by atoms with van der Waals surface area (Å²) in [5.41, 5.74) is 5.87. The molecular formula is C10H16N4OS. The maximum Gasteiger partial charge on any atom is 0.227 e. The van der Waals surface area contributed by atoms with Crippen molar-refractivity contribution in [3.8, 4) is 0 Å². The molecule has 1 aromatic rings. The molecule has 0 saturated heterocycles. The van der Waals surface area contributed by atoms with E-state index in [1.807, 2.05) is 6.92 Å². The number of carbonyl (C=O) groups is 1. The number of carbonyl (C=O) groups excluding carboxylic acids is 1. The number of hydrogen-bond acceptors (Lipinski definition) is 5. The van der Waals surface area contributed by atoms with Crippen molar-refractivity contribution >= 4 is 22.4 Å². The minimum Gasteiger partial charge on any atom is -0.327 e. The lowest BCUT2D eigenvalue weighted by Gasteiger charge is -2.08. The zero-order chi connectivity index (χ0) is 11.5. The predicted octanol–water partition coefficient (Wildman–Crippen LogP) is 1.17. The van der Waals surface area contributed by atoms with Crippen molar-refractivity contribution in [1.82, 2.24) is 10.2 Å². The van der Waals surface area contributed by atoms with Gasteiger partial charge < -0.3 is 11.1 Å². The van der Waals surface area contributed by atoms with Gasteiger partial charge in [0.2, 0.25) is 11.0 Å². The van der Waals surface area contributed by atoms with E-state index in [1.54, 1.807) is 0 Å². The summed E-state index contributed by atoms with van der Waals surface area (Å²) in [7, 11) is 0. The minimum absolute atomic E-state index is 0.00133. The molecule has 1 aliphatic carbocycles. The SMILES string of the molecule is CCc1nnc(NC(=O)CC(N)C2CC2)s1. The highest BCUT2D eigenvalue weighted by Gasteiger charge is 2.29. The molecule has 0 aromatic carbocycles. The second-order valence-electron chi connectivity index (χ2n) is 4.11. The van der Waals surface area contributed by atoms with Crippen LogP contribution in [0, 0.1) is 5.92 Å². The first kappa shape index (κ1) is 11.5. The topological polar surface area (TPSA) is 80.9 Å². The van der Waals surface area contributed by atoms with Crippen LogP contribution in [-0.2, 0) is 11.2 Å². The highest BCUT2D eigenvalue weighted by molar-refractivity contribution is 7.15. The molecule has 1 amide bonds. The van der Waals surface area contributed by atoms with Crippen molar-refractivity contribution < 1.29 is 4.79 Å². The van der Waals surface area contributed by atoms with Gasteiger partial charge in [0.25, 0.3) is 0 Å². The molecule has 16 heavy (non-hydrogen) atoms. The molecule has 1 saturated carbocycles. The lowest BCUT2D eigenvalue weighted by atomic mass is 10.1. The molecule has 0 spiro atoms. The second-order valence-corrected chi connectivity index (χ2v) is 5.17. The van der Waals surface area contributed by atoms with Gasteiger partial charge in [-0.15, -0.1) is 10.2 Å². The monoisotopic (exact) mass is 240 g/mol. The van der Waals surface area contributed by atoms with E-state index in [0.29, 0.717) is 17.5 Å². The lowest BCUT2D eigenvalue weighted by Crippen LogP contribution is -2.28. The summed E-state index contributed by atoms with van der Waals surface area (Å²) in [5.74, 6) is 0.490. The van der Waals surface area contributed by atoms with Crippen molar-refractivity contribution in [1.29, 1.82) is 0 Å². The Morgan fingerprint density at radius 2 is 2.38 bits per heavy atom. The lowest BCUT2D eigenvalue weighted by molar-refractivity contribution is -0.116. The highest BCUT2D eigenvalue weighted by Crippen LogP contribution is 2.32. The molecule has 0 aliphatic heterocycles. The van der Waals surface area contributed by atoms with Crippen molar-refractivity contribution in [2.24, 2.45) is 11.7 Å². The first-order valence-electron chi connectivity index (χ1n) is 5.57. The van der Waals surface area contributed by atoms with E-state index in [4.69, 9.17) is 5.73 Å². The van der Waals surface area contributed by atoms with Gasteiger partial charge in [-0.2, -0.15) is 0 Å². The van der Waals surface area contributed by atoms with Crippen LogP contribution in [0.5, 0.6) is 0 Å². The molecule has 88 valence electrons. The Hall–Kier alpha value is -1.01. The van der Waals surface area contributed by atoms with Gasteiger partial charge in [0.05, 0.1) is 0 Å². The van der Waals surface area contributed by atoms with Crippen LogP contribution in [0.3, 0.4) is 0 Å². The molecule has 1 aliphatic rings. The third-order valence-corrected chi connectivity index (χ3v) is 3.65. The van der Waals surface area contributed by atoms with Crippen molar-refractivity contribution in [2.45, 2.75) is 38.6 Å². The van der Waals surface area contributed by atoms with E-state index in [-0.39, 0.29) is 11.9 Å². The fourth-order valence-corrected chi connectivity index (χ4v) is 2.22. The standard InChI is InChI=1S/C10H16N4OS/c1-2-9-13-14-10(16-9)12-8(15)5-7(11)6-3-4-6/h6-7H,2-5,11H2,1H3,(H,12,14,15). The number of nitrogens with zero attached hydrogens (tertiary/aromatic N) is 2. The summed E-state index contributed by atoms with van der Waals surface area (Å²) in [6.07, 6.45) is 3.54. The quantitative estimate of drug-likeness (QED) is 0.809. The summed E-state index contributed by atoms with van der Waals surface area (Å²) >= 11 is 1.42. The van der Waals surface area contributed by atoms with E-state index >= 15 is 0 Å². The Bertz CT molecular complexity index is 375. The maximum atomic E-state index is 11.6. The van der Waals surface area contributed by atoms with Crippen LogP contribution in [-0.4, -0.2) is 22.1 Å². The molecule has 6 heteroatoms. The van der Waals surface area contributed by atoms with Gasteiger partial charge >= 0.3 is 0 Å². The highest BCUT2D eigenvalue weighted by atomic mass is 32.1. The number of rotatable bonds is 5. The Labute approximate surface area is 98.4 Å². The molecule has 3 N–H and O–H groups in total. The average molecular weight is 240 g/mol. The summed E-state index contributed by atoms with van der Waals surface area (Å²) in [4.78, 5) is 11.6. The second kappa shape index (κ2) is 4.88. The van der Waals surface area contributed by atoms with Gasteiger partial charge in [-0.1, -0.05) is 18.3 Å². The van der Waals surface area contributed by atoms with Crippen molar-refractivity contribution in [3.05, 3.63) is 5.01 Å². The fraction of sp³-hybridized carbons (Fsp3) is 0.700. The average Bonchev–Trinajstić information content (AvgIpc) is 3.00. The van der Waals surface area contributed by atoms with Crippen LogP contribution >= 0.6 is 11.3 Å². The molecule has 1 unspecified atom stereocenters. The van der Waals surface area contributed by atoms with Gasteiger partial charge in [0, 0.05) is 12.5 Å². The molecule has 0 bridgehead atoms.